The molecule has 16 heavy (non-hydrogen) atoms. The molecule has 0 aliphatic carbocycles. The summed E-state index contributed by atoms with van der Waals surface area (Å²) in [4.78, 5) is 0. The van der Waals surface area contributed by atoms with Gasteiger partial charge in [0.05, 0.1) is 6.61 Å². The van der Waals surface area contributed by atoms with Gasteiger partial charge in [0.2, 0.25) is 0 Å². The summed E-state index contributed by atoms with van der Waals surface area (Å²) in [5.41, 5.74) is 3.51. The van der Waals surface area contributed by atoms with Crippen molar-refractivity contribution >= 4 is 10.9 Å². The second-order valence-corrected chi connectivity index (χ2v) is 4.30. The average Bonchev–Trinajstić information content (AvgIpc) is 2.68. The van der Waals surface area contributed by atoms with Crippen LogP contribution in [0.4, 0.5) is 0 Å². The van der Waals surface area contributed by atoms with Crippen LogP contribution in [0.2, 0.25) is 0 Å². The number of rotatable bonds is 3. The van der Waals surface area contributed by atoms with Gasteiger partial charge in [-0.05, 0) is 43.0 Å². The van der Waals surface area contributed by atoms with Gasteiger partial charge in [-0.25, -0.2) is 0 Å². The highest BCUT2D eigenvalue weighted by atomic mass is 16.3. The molecule has 0 saturated heterocycles. The van der Waals surface area contributed by atoms with E-state index in [1.165, 1.54) is 16.5 Å². The zero-order chi connectivity index (χ0) is 11.5. The molecule has 1 aromatic heterocycles. The lowest BCUT2D eigenvalue weighted by Crippen LogP contribution is -1.93. The smallest absolute Gasteiger partial charge is 0.0682 e. The highest BCUT2D eigenvalue weighted by molar-refractivity contribution is 5.80. The Morgan fingerprint density at radius 2 is 2.12 bits per heavy atom. The van der Waals surface area contributed by atoms with E-state index < -0.39 is 0 Å². The Labute approximate surface area is 95.8 Å². The first-order valence-electron chi connectivity index (χ1n) is 5.52. The van der Waals surface area contributed by atoms with E-state index in [0.29, 0.717) is 0 Å². The van der Waals surface area contributed by atoms with Crippen LogP contribution in [0.1, 0.15) is 19.4 Å². The third-order valence-electron chi connectivity index (χ3n) is 2.71. The molecule has 0 atom stereocenters. The van der Waals surface area contributed by atoms with Crippen LogP contribution in [-0.4, -0.2) is 9.67 Å². The van der Waals surface area contributed by atoms with E-state index in [2.05, 4.69) is 42.8 Å². The SMILES string of the molecule is CC(C)=CCn1ccc2cc(CO)ccc21. The van der Waals surface area contributed by atoms with Crippen molar-refractivity contribution in [3.8, 4) is 0 Å². The Balaban J connectivity index is 2.38. The van der Waals surface area contributed by atoms with Crippen LogP contribution in [0, 0.1) is 0 Å². The van der Waals surface area contributed by atoms with E-state index in [4.69, 9.17) is 5.11 Å². The van der Waals surface area contributed by atoms with Gasteiger partial charge in [-0.3, -0.25) is 0 Å². The molecule has 0 radical (unpaired) electrons. The van der Waals surface area contributed by atoms with Gasteiger partial charge < -0.3 is 9.67 Å². The molecule has 0 spiro atoms. The summed E-state index contributed by atoms with van der Waals surface area (Å²) < 4.78 is 2.21. The first kappa shape index (κ1) is 11.0. The van der Waals surface area contributed by atoms with Crippen molar-refractivity contribution < 1.29 is 5.11 Å². The van der Waals surface area contributed by atoms with E-state index >= 15 is 0 Å². The van der Waals surface area contributed by atoms with E-state index in [1.807, 2.05) is 12.1 Å². The summed E-state index contributed by atoms with van der Waals surface area (Å²) >= 11 is 0. The molecule has 1 aromatic carbocycles. The zero-order valence-electron chi connectivity index (χ0n) is 9.77. The molecule has 1 heterocycles. The first-order valence-corrected chi connectivity index (χ1v) is 5.52. The maximum absolute atomic E-state index is 9.06. The summed E-state index contributed by atoms with van der Waals surface area (Å²) in [6.07, 6.45) is 4.30. The van der Waals surface area contributed by atoms with Gasteiger partial charge in [0.1, 0.15) is 0 Å². The minimum absolute atomic E-state index is 0.106. The predicted molar refractivity (Wildman–Crippen MR) is 67.3 cm³/mol. The lowest BCUT2D eigenvalue weighted by Gasteiger charge is -2.03. The maximum atomic E-state index is 9.06. The van der Waals surface area contributed by atoms with Crippen LogP contribution in [0.5, 0.6) is 0 Å². The Morgan fingerprint density at radius 1 is 1.31 bits per heavy atom. The van der Waals surface area contributed by atoms with Crippen LogP contribution in [0.15, 0.2) is 42.1 Å². The fourth-order valence-corrected chi connectivity index (χ4v) is 1.79. The monoisotopic (exact) mass is 215 g/mol. The quantitative estimate of drug-likeness (QED) is 0.782. The lowest BCUT2D eigenvalue weighted by atomic mass is 10.2. The molecule has 0 aliphatic rings. The Kier molecular flexibility index (Phi) is 3.11. The Bertz CT molecular complexity index is 519. The highest BCUT2D eigenvalue weighted by Gasteiger charge is 2.00. The molecule has 2 nitrogen and oxygen atoms in total. The topological polar surface area (TPSA) is 25.2 Å². The van der Waals surface area contributed by atoms with E-state index in [-0.39, 0.29) is 6.61 Å². The normalized spacial score (nSPS) is 10.7. The number of aliphatic hydroxyl groups excluding tert-OH is 1. The molecule has 2 heteroatoms. The van der Waals surface area contributed by atoms with Crippen molar-refractivity contribution in [2.45, 2.75) is 27.0 Å². The Hall–Kier alpha value is -1.54. The number of nitrogens with zero attached hydrogens (tertiary/aromatic N) is 1. The summed E-state index contributed by atoms with van der Waals surface area (Å²) in [6.45, 7) is 5.23. The number of hydrogen-bond acceptors (Lipinski definition) is 1. The average molecular weight is 215 g/mol. The molecule has 0 unspecified atom stereocenters. The third kappa shape index (κ3) is 2.17. The number of aliphatic hydroxyl groups is 1. The molecule has 0 fully saturated rings. The van der Waals surface area contributed by atoms with E-state index in [0.717, 1.165) is 12.1 Å². The summed E-state index contributed by atoms with van der Waals surface area (Å²) in [5, 5.41) is 10.3. The molecule has 0 amide bonds. The second kappa shape index (κ2) is 4.54. The van der Waals surface area contributed by atoms with Gasteiger partial charge >= 0.3 is 0 Å². The minimum Gasteiger partial charge on any atom is -0.392 e. The van der Waals surface area contributed by atoms with Gasteiger partial charge in [-0.2, -0.15) is 0 Å². The van der Waals surface area contributed by atoms with Crippen molar-refractivity contribution in [3.05, 3.63) is 47.7 Å². The van der Waals surface area contributed by atoms with Crippen LogP contribution in [-0.2, 0) is 13.2 Å². The minimum atomic E-state index is 0.106. The van der Waals surface area contributed by atoms with Crippen LogP contribution in [0.3, 0.4) is 0 Å². The van der Waals surface area contributed by atoms with Gasteiger partial charge in [0.15, 0.2) is 0 Å². The number of aromatic nitrogens is 1. The molecule has 84 valence electrons. The van der Waals surface area contributed by atoms with Gasteiger partial charge in [0.25, 0.3) is 0 Å². The molecule has 1 N–H and O–H groups in total. The standard InChI is InChI=1S/C14H17NO/c1-11(2)5-7-15-8-6-13-9-12(10-16)3-4-14(13)15/h3-6,8-9,16H,7,10H2,1-2H3. The molecule has 0 saturated carbocycles. The number of fused-ring (bicyclic) bond motifs is 1. The molecular formula is C14H17NO. The Morgan fingerprint density at radius 3 is 2.81 bits per heavy atom. The van der Waals surface area contributed by atoms with Crippen LogP contribution >= 0.6 is 0 Å². The molecule has 2 aromatic rings. The fourth-order valence-electron chi connectivity index (χ4n) is 1.79. The highest BCUT2D eigenvalue weighted by Crippen LogP contribution is 2.18. The van der Waals surface area contributed by atoms with Crippen molar-refractivity contribution in [1.29, 1.82) is 0 Å². The van der Waals surface area contributed by atoms with Gasteiger partial charge in [-0.15, -0.1) is 0 Å². The third-order valence-corrected chi connectivity index (χ3v) is 2.71. The summed E-state index contributed by atoms with van der Waals surface area (Å²) in [7, 11) is 0. The van der Waals surface area contributed by atoms with E-state index in [1.54, 1.807) is 0 Å². The summed E-state index contributed by atoms with van der Waals surface area (Å²) in [6, 6.07) is 8.17. The lowest BCUT2D eigenvalue weighted by molar-refractivity contribution is 0.282. The maximum Gasteiger partial charge on any atom is 0.0682 e. The van der Waals surface area contributed by atoms with Crippen LogP contribution in [0.25, 0.3) is 10.9 Å². The predicted octanol–water partition coefficient (Wildman–Crippen LogP) is 3.10. The molecule has 0 bridgehead atoms. The number of benzene rings is 1. The second-order valence-electron chi connectivity index (χ2n) is 4.30. The molecular weight excluding hydrogens is 198 g/mol. The summed E-state index contributed by atoms with van der Waals surface area (Å²) in [5.74, 6) is 0. The van der Waals surface area contributed by atoms with E-state index in [9.17, 15) is 0 Å². The van der Waals surface area contributed by atoms with Crippen molar-refractivity contribution in [1.82, 2.24) is 4.57 Å². The molecule has 2 rings (SSSR count). The van der Waals surface area contributed by atoms with Gasteiger partial charge in [0, 0.05) is 18.3 Å². The van der Waals surface area contributed by atoms with Gasteiger partial charge in [-0.1, -0.05) is 17.7 Å². The first-order chi connectivity index (χ1) is 7.70. The fraction of sp³-hybridized carbons (Fsp3) is 0.286. The molecule has 0 aliphatic heterocycles. The largest absolute Gasteiger partial charge is 0.392 e. The number of hydrogen-bond donors (Lipinski definition) is 1. The van der Waals surface area contributed by atoms with Crippen molar-refractivity contribution in [2.24, 2.45) is 0 Å². The van der Waals surface area contributed by atoms with Crippen molar-refractivity contribution in [3.63, 3.8) is 0 Å². The zero-order valence-corrected chi connectivity index (χ0v) is 9.77. The van der Waals surface area contributed by atoms with Crippen molar-refractivity contribution in [2.75, 3.05) is 0 Å². The number of allylic oxidation sites excluding steroid dienone is 2. The van der Waals surface area contributed by atoms with Crippen LogP contribution < -0.4 is 0 Å².